The van der Waals surface area contributed by atoms with Crippen molar-refractivity contribution in [1.29, 1.82) is 0 Å². The minimum Gasteiger partial charge on any atom is -0.247 e. The summed E-state index contributed by atoms with van der Waals surface area (Å²) < 4.78 is 54.5. The van der Waals surface area contributed by atoms with E-state index in [1.165, 1.54) is 11.8 Å². The van der Waals surface area contributed by atoms with Crippen LogP contribution in [-0.4, -0.2) is 36.2 Å². The van der Waals surface area contributed by atoms with E-state index in [-0.39, 0.29) is 0 Å². The van der Waals surface area contributed by atoms with E-state index in [0.29, 0.717) is 50.0 Å². The van der Waals surface area contributed by atoms with E-state index < -0.39 is 36.5 Å². The molecular formula is C14H22F4S. The van der Waals surface area contributed by atoms with E-state index in [9.17, 15) is 17.6 Å². The molecule has 0 amide bonds. The van der Waals surface area contributed by atoms with Gasteiger partial charge in [-0.05, 0) is 38.5 Å². The number of halogens is 4. The van der Waals surface area contributed by atoms with Gasteiger partial charge < -0.3 is 0 Å². The topological polar surface area (TPSA) is 0 Å². The Morgan fingerprint density at radius 2 is 0.947 bits per heavy atom. The van der Waals surface area contributed by atoms with Crippen LogP contribution in [0.1, 0.15) is 38.5 Å². The molecule has 4 unspecified atom stereocenters. The first-order valence-electron chi connectivity index (χ1n) is 7.23. The van der Waals surface area contributed by atoms with Crippen molar-refractivity contribution in [2.45, 2.75) is 63.2 Å². The van der Waals surface area contributed by atoms with Gasteiger partial charge in [0.05, 0.1) is 0 Å². The second-order valence-corrected chi connectivity index (χ2v) is 6.87. The van der Waals surface area contributed by atoms with Crippen molar-refractivity contribution in [3.63, 3.8) is 0 Å². The van der Waals surface area contributed by atoms with Crippen LogP contribution in [0.25, 0.3) is 0 Å². The first-order chi connectivity index (χ1) is 9.09. The standard InChI is InChI=1S/C14H22F4S/c15-11-3-1-4-12(16)9(11)7-19-8-10-13(17)5-2-6-14(10)18/h9-14H,1-8H2. The zero-order chi connectivity index (χ0) is 13.8. The monoisotopic (exact) mass is 298 g/mol. The summed E-state index contributed by atoms with van der Waals surface area (Å²) in [6.07, 6.45) is -1.47. The van der Waals surface area contributed by atoms with Crippen LogP contribution in [0.5, 0.6) is 0 Å². The Morgan fingerprint density at radius 3 is 1.26 bits per heavy atom. The molecule has 19 heavy (non-hydrogen) atoms. The summed E-state index contributed by atoms with van der Waals surface area (Å²) in [5.41, 5.74) is 0. The van der Waals surface area contributed by atoms with Gasteiger partial charge in [0.25, 0.3) is 0 Å². The fraction of sp³-hybridized carbons (Fsp3) is 1.00. The maximum Gasteiger partial charge on any atom is 0.106 e. The second-order valence-electron chi connectivity index (χ2n) is 5.79. The molecule has 0 heterocycles. The Bertz CT molecular complexity index is 230. The molecule has 0 bridgehead atoms. The summed E-state index contributed by atoms with van der Waals surface area (Å²) in [6.45, 7) is 0. The average Bonchev–Trinajstić information content (AvgIpc) is 2.36. The van der Waals surface area contributed by atoms with Crippen LogP contribution in [0.2, 0.25) is 0 Å². The molecule has 0 aromatic heterocycles. The van der Waals surface area contributed by atoms with E-state index in [1.807, 2.05) is 0 Å². The molecule has 0 radical (unpaired) electrons. The summed E-state index contributed by atoms with van der Waals surface area (Å²) in [4.78, 5) is 0. The maximum absolute atomic E-state index is 13.6. The molecule has 2 aliphatic carbocycles. The van der Waals surface area contributed by atoms with E-state index in [4.69, 9.17) is 0 Å². The van der Waals surface area contributed by atoms with Gasteiger partial charge in [-0.25, -0.2) is 17.6 Å². The molecule has 112 valence electrons. The van der Waals surface area contributed by atoms with E-state index in [1.54, 1.807) is 0 Å². The van der Waals surface area contributed by atoms with Crippen molar-refractivity contribution < 1.29 is 17.6 Å². The van der Waals surface area contributed by atoms with Crippen LogP contribution in [0.3, 0.4) is 0 Å². The molecule has 2 aliphatic rings. The predicted octanol–water partition coefficient (Wildman–Crippen LogP) is 4.67. The van der Waals surface area contributed by atoms with Crippen molar-refractivity contribution in [1.82, 2.24) is 0 Å². The Kier molecular flexibility index (Phi) is 5.85. The molecule has 4 atom stereocenters. The lowest BCUT2D eigenvalue weighted by Gasteiger charge is -2.31. The Balaban J connectivity index is 1.75. The van der Waals surface area contributed by atoms with Gasteiger partial charge in [-0.3, -0.25) is 0 Å². The molecule has 2 rings (SSSR count). The van der Waals surface area contributed by atoms with Crippen LogP contribution in [0, 0.1) is 11.8 Å². The van der Waals surface area contributed by atoms with E-state index in [2.05, 4.69) is 0 Å². The molecule has 0 N–H and O–H groups in total. The van der Waals surface area contributed by atoms with Crippen LogP contribution < -0.4 is 0 Å². The third-order valence-corrected chi connectivity index (χ3v) is 5.64. The number of alkyl halides is 4. The lowest BCUT2D eigenvalue weighted by molar-refractivity contribution is 0.0881. The van der Waals surface area contributed by atoms with E-state index in [0.717, 1.165) is 0 Å². The Morgan fingerprint density at radius 1 is 0.632 bits per heavy atom. The van der Waals surface area contributed by atoms with Crippen molar-refractivity contribution in [3.8, 4) is 0 Å². The highest BCUT2D eigenvalue weighted by molar-refractivity contribution is 7.99. The molecule has 0 nitrogen and oxygen atoms in total. The molecule has 0 spiro atoms. The van der Waals surface area contributed by atoms with E-state index >= 15 is 0 Å². The first-order valence-corrected chi connectivity index (χ1v) is 8.39. The molecule has 2 fully saturated rings. The van der Waals surface area contributed by atoms with Crippen LogP contribution >= 0.6 is 11.8 Å². The highest BCUT2D eigenvalue weighted by atomic mass is 32.2. The smallest absolute Gasteiger partial charge is 0.106 e. The highest BCUT2D eigenvalue weighted by Crippen LogP contribution is 2.35. The van der Waals surface area contributed by atoms with Gasteiger partial charge in [0.2, 0.25) is 0 Å². The second kappa shape index (κ2) is 7.19. The Labute approximate surface area is 116 Å². The number of hydrogen-bond acceptors (Lipinski definition) is 1. The fourth-order valence-electron chi connectivity index (χ4n) is 3.08. The Hall–Kier alpha value is 0.0700. The summed E-state index contributed by atoms with van der Waals surface area (Å²) in [5, 5.41) is 0. The summed E-state index contributed by atoms with van der Waals surface area (Å²) in [7, 11) is 0. The van der Waals surface area contributed by atoms with Crippen molar-refractivity contribution in [3.05, 3.63) is 0 Å². The molecule has 0 aliphatic heterocycles. The maximum atomic E-state index is 13.6. The van der Waals surface area contributed by atoms with Gasteiger partial charge in [0.15, 0.2) is 0 Å². The normalized spacial score (nSPS) is 44.2. The van der Waals surface area contributed by atoms with Crippen molar-refractivity contribution >= 4 is 11.8 Å². The van der Waals surface area contributed by atoms with Crippen molar-refractivity contribution in [2.24, 2.45) is 11.8 Å². The number of rotatable bonds is 4. The zero-order valence-electron chi connectivity index (χ0n) is 11.0. The van der Waals surface area contributed by atoms with Gasteiger partial charge in [-0.2, -0.15) is 11.8 Å². The highest BCUT2D eigenvalue weighted by Gasteiger charge is 2.36. The summed E-state index contributed by atoms with van der Waals surface area (Å²) >= 11 is 1.32. The van der Waals surface area contributed by atoms with Crippen LogP contribution in [-0.2, 0) is 0 Å². The van der Waals surface area contributed by atoms with Gasteiger partial charge in [0, 0.05) is 23.3 Å². The van der Waals surface area contributed by atoms with Gasteiger partial charge in [0.1, 0.15) is 24.7 Å². The molecule has 0 aromatic carbocycles. The zero-order valence-corrected chi connectivity index (χ0v) is 11.9. The largest absolute Gasteiger partial charge is 0.247 e. The van der Waals surface area contributed by atoms with Crippen LogP contribution in [0.15, 0.2) is 0 Å². The molecular weight excluding hydrogens is 276 g/mol. The predicted molar refractivity (Wildman–Crippen MR) is 71.6 cm³/mol. The van der Waals surface area contributed by atoms with Crippen molar-refractivity contribution in [2.75, 3.05) is 11.5 Å². The lowest BCUT2D eigenvalue weighted by atomic mass is 9.87. The quantitative estimate of drug-likeness (QED) is 0.680. The number of thioether (sulfide) groups is 1. The third kappa shape index (κ3) is 4.02. The molecule has 5 heteroatoms. The molecule has 0 aromatic rings. The molecule has 0 saturated heterocycles. The summed E-state index contributed by atoms with van der Waals surface area (Å²) in [5.74, 6) is -0.478. The van der Waals surface area contributed by atoms with Crippen LogP contribution in [0.4, 0.5) is 17.6 Å². The third-order valence-electron chi connectivity index (χ3n) is 4.40. The minimum atomic E-state index is -1.09. The average molecular weight is 298 g/mol. The van der Waals surface area contributed by atoms with Gasteiger partial charge in [-0.15, -0.1) is 0 Å². The first kappa shape index (κ1) is 15.5. The fourth-order valence-corrected chi connectivity index (χ4v) is 4.60. The minimum absolute atomic E-state index is 0.346. The van der Waals surface area contributed by atoms with Gasteiger partial charge in [-0.1, -0.05) is 0 Å². The number of hydrogen-bond donors (Lipinski definition) is 0. The molecule has 2 saturated carbocycles. The SMILES string of the molecule is FC1CCCC(F)C1CSCC1C(F)CCCC1F. The van der Waals surface area contributed by atoms with Gasteiger partial charge >= 0.3 is 0 Å². The lowest BCUT2D eigenvalue weighted by Crippen LogP contribution is -2.35. The summed E-state index contributed by atoms with van der Waals surface area (Å²) in [6, 6.07) is 0.